The maximum Gasteiger partial charge on any atom is 0.261 e. The minimum atomic E-state index is -0.0178. The van der Waals surface area contributed by atoms with Crippen LogP contribution in [0.15, 0.2) is 29.6 Å². The zero-order valence-corrected chi connectivity index (χ0v) is 12.8. The molecule has 106 valence electrons. The average Bonchev–Trinajstić information content (AvgIpc) is 2.87. The second-order valence-electron chi connectivity index (χ2n) is 4.69. The Bertz CT molecular complexity index is 584. The van der Waals surface area contributed by atoms with Crippen molar-refractivity contribution in [2.45, 2.75) is 27.4 Å². The normalized spacial score (nSPS) is 10.3. The molecule has 0 spiro atoms. The lowest BCUT2D eigenvalue weighted by Gasteiger charge is -2.10. The van der Waals surface area contributed by atoms with Gasteiger partial charge in [0, 0.05) is 12.1 Å². The Morgan fingerprint density at radius 2 is 2.00 bits per heavy atom. The molecule has 2 rings (SSSR count). The second kappa shape index (κ2) is 6.57. The van der Waals surface area contributed by atoms with Gasteiger partial charge in [0.05, 0.1) is 4.88 Å². The van der Waals surface area contributed by atoms with Crippen molar-refractivity contribution in [3.05, 3.63) is 51.2 Å². The molecule has 20 heavy (non-hydrogen) atoms. The fraction of sp³-hybridized carbons (Fsp3) is 0.312. The number of hydrogen-bond acceptors (Lipinski definition) is 3. The fourth-order valence-corrected chi connectivity index (χ4v) is 2.81. The van der Waals surface area contributed by atoms with Crippen LogP contribution in [-0.4, -0.2) is 12.5 Å². The van der Waals surface area contributed by atoms with Gasteiger partial charge in [-0.1, -0.05) is 18.2 Å². The number of para-hydroxylation sites is 1. The summed E-state index contributed by atoms with van der Waals surface area (Å²) in [4.78, 5) is 12.4. The van der Waals surface area contributed by atoms with Gasteiger partial charge in [-0.25, -0.2) is 0 Å². The van der Waals surface area contributed by atoms with E-state index < -0.39 is 0 Å². The van der Waals surface area contributed by atoms with E-state index in [2.05, 4.69) is 5.32 Å². The van der Waals surface area contributed by atoms with E-state index in [0.29, 0.717) is 13.2 Å². The molecule has 0 radical (unpaired) electrons. The van der Waals surface area contributed by atoms with Gasteiger partial charge < -0.3 is 10.1 Å². The van der Waals surface area contributed by atoms with Crippen LogP contribution in [0.3, 0.4) is 0 Å². The summed E-state index contributed by atoms with van der Waals surface area (Å²) in [5.41, 5.74) is 3.28. The minimum Gasteiger partial charge on any atom is -0.488 e. The molecule has 0 saturated heterocycles. The van der Waals surface area contributed by atoms with E-state index >= 15 is 0 Å². The number of rotatable bonds is 5. The van der Waals surface area contributed by atoms with Crippen LogP contribution < -0.4 is 10.1 Å². The molecular weight excluding hydrogens is 270 g/mol. The number of carbonyl (C=O) groups is 1. The molecule has 1 heterocycles. The predicted molar refractivity (Wildman–Crippen MR) is 82.6 cm³/mol. The van der Waals surface area contributed by atoms with Crippen molar-refractivity contribution in [3.63, 3.8) is 0 Å². The summed E-state index contributed by atoms with van der Waals surface area (Å²) in [5, 5.41) is 4.77. The molecule has 0 saturated carbocycles. The summed E-state index contributed by atoms with van der Waals surface area (Å²) in [6.07, 6.45) is 0. The maximum absolute atomic E-state index is 11.7. The largest absolute Gasteiger partial charge is 0.488 e. The van der Waals surface area contributed by atoms with Gasteiger partial charge >= 0.3 is 0 Å². The molecule has 0 aliphatic rings. The van der Waals surface area contributed by atoms with Crippen LogP contribution in [0.25, 0.3) is 0 Å². The summed E-state index contributed by atoms with van der Waals surface area (Å²) >= 11 is 1.45. The number of ether oxygens (including phenoxy) is 1. The molecule has 0 atom stereocenters. The number of nitrogens with one attached hydrogen (secondary N) is 1. The van der Waals surface area contributed by atoms with Crippen molar-refractivity contribution in [3.8, 4) is 5.75 Å². The van der Waals surface area contributed by atoms with Crippen molar-refractivity contribution in [1.82, 2.24) is 5.32 Å². The van der Waals surface area contributed by atoms with E-state index in [4.69, 9.17) is 4.74 Å². The molecule has 3 nitrogen and oxygen atoms in total. The van der Waals surface area contributed by atoms with Crippen LogP contribution in [-0.2, 0) is 6.61 Å². The fourth-order valence-electron chi connectivity index (χ4n) is 2.00. The number of thiophene rings is 1. The zero-order chi connectivity index (χ0) is 14.5. The van der Waals surface area contributed by atoms with E-state index in [0.717, 1.165) is 27.3 Å². The third-order valence-electron chi connectivity index (χ3n) is 3.01. The third-order valence-corrected chi connectivity index (χ3v) is 3.98. The Kier molecular flexibility index (Phi) is 4.79. The van der Waals surface area contributed by atoms with Crippen molar-refractivity contribution < 1.29 is 9.53 Å². The van der Waals surface area contributed by atoms with Crippen LogP contribution in [0.5, 0.6) is 5.75 Å². The van der Waals surface area contributed by atoms with Gasteiger partial charge in [0.25, 0.3) is 5.91 Å². The van der Waals surface area contributed by atoms with E-state index in [9.17, 15) is 4.79 Å². The van der Waals surface area contributed by atoms with E-state index in [1.807, 2.05) is 50.4 Å². The van der Waals surface area contributed by atoms with Crippen LogP contribution in [0.2, 0.25) is 0 Å². The summed E-state index contributed by atoms with van der Waals surface area (Å²) in [7, 11) is 0. The highest BCUT2D eigenvalue weighted by atomic mass is 32.1. The quantitative estimate of drug-likeness (QED) is 0.911. The molecule has 1 aromatic carbocycles. The lowest BCUT2D eigenvalue weighted by Crippen LogP contribution is -2.21. The van der Waals surface area contributed by atoms with E-state index in [-0.39, 0.29) is 5.91 Å². The lowest BCUT2D eigenvalue weighted by atomic mass is 10.1. The number of benzene rings is 1. The molecule has 0 fully saturated rings. The van der Waals surface area contributed by atoms with Gasteiger partial charge in [0.15, 0.2) is 0 Å². The summed E-state index contributed by atoms with van der Waals surface area (Å²) in [5.74, 6) is 0.911. The Morgan fingerprint density at radius 1 is 1.30 bits per heavy atom. The lowest BCUT2D eigenvalue weighted by molar-refractivity contribution is 0.0960. The van der Waals surface area contributed by atoms with E-state index in [1.165, 1.54) is 11.3 Å². The first kappa shape index (κ1) is 14.6. The van der Waals surface area contributed by atoms with Gasteiger partial charge in [-0.2, -0.15) is 0 Å². The highest BCUT2D eigenvalue weighted by Crippen LogP contribution is 2.24. The van der Waals surface area contributed by atoms with Crippen LogP contribution in [0.4, 0.5) is 0 Å². The van der Waals surface area contributed by atoms with Crippen molar-refractivity contribution in [2.24, 2.45) is 0 Å². The van der Waals surface area contributed by atoms with Gasteiger partial charge in [-0.3, -0.25) is 4.79 Å². The number of hydrogen-bond donors (Lipinski definition) is 1. The second-order valence-corrected chi connectivity index (χ2v) is 5.60. The molecule has 0 aliphatic heterocycles. The molecular formula is C16H19NO2S. The number of aryl methyl sites for hydroxylation is 2. The van der Waals surface area contributed by atoms with Crippen LogP contribution in [0.1, 0.15) is 33.3 Å². The Hall–Kier alpha value is -1.81. The Balaban J connectivity index is 2.03. The zero-order valence-electron chi connectivity index (χ0n) is 12.0. The maximum atomic E-state index is 11.7. The summed E-state index contributed by atoms with van der Waals surface area (Å²) in [6, 6.07) is 7.99. The third kappa shape index (κ3) is 3.39. The average molecular weight is 289 g/mol. The van der Waals surface area contributed by atoms with Gasteiger partial charge in [-0.05, 0) is 43.3 Å². The minimum absolute atomic E-state index is 0.0178. The van der Waals surface area contributed by atoms with Gasteiger partial charge in [-0.15, -0.1) is 11.3 Å². The SMILES string of the molecule is CCNC(=O)c1cc(COc2c(C)cccc2C)cs1. The first-order valence-electron chi connectivity index (χ1n) is 6.66. The highest BCUT2D eigenvalue weighted by Gasteiger charge is 2.09. The van der Waals surface area contributed by atoms with Crippen molar-refractivity contribution in [2.75, 3.05) is 6.54 Å². The summed E-state index contributed by atoms with van der Waals surface area (Å²) < 4.78 is 5.88. The molecule has 1 aromatic heterocycles. The molecule has 2 aromatic rings. The Labute approximate surface area is 123 Å². The molecule has 1 amide bonds. The molecule has 1 N–H and O–H groups in total. The smallest absolute Gasteiger partial charge is 0.261 e. The summed E-state index contributed by atoms with van der Waals surface area (Å²) in [6.45, 7) is 7.12. The molecule has 0 bridgehead atoms. The first-order chi connectivity index (χ1) is 9.61. The van der Waals surface area contributed by atoms with Crippen LogP contribution >= 0.6 is 11.3 Å². The standard InChI is InChI=1S/C16H19NO2S/c1-4-17-16(18)14-8-13(10-20-14)9-19-15-11(2)6-5-7-12(15)3/h5-8,10H,4,9H2,1-3H3,(H,17,18). The first-order valence-corrected chi connectivity index (χ1v) is 7.54. The molecule has 4 heteroatoms. The Morgan fingerprint density at radius 3 is 2.65 bits per heavy atom. The van der Waals surface area contributed by atoms with Gasteiger partial charge in [0.1, 0.15) is 12.4 Å². The predicted octanol–water partition coefficient (Wildman–Crippen LogP) is 3.69. The highest BCUT2D eigenvalue weighted by molar-refractivity contribution is 7.12. The molecule has 0 unspecified atom stereocenters. The topological polar surface area (TPSA) is 38.3 Å². The van der Waals surface area contributed by atoms with Crippen LogP contribution in [0, 0.1) is 13.8 Å². The number of carbonyl (C=O) groups excluding carboxylic acids is 1. The monoisotopic (exact) mass is 289 g/mol. The van der Waals surface area contributed by atoms with Crippen molar-refractivity contribution in [1.29, 1.82) is 0 Å². The molecule has 0 aliphatic carbocycles. The van der Waals surface area contributed by atoms with Gasteiger partial charge in [0.2, 0.25) is 0 Å². The van der Waals surface area contributed by atoms with Crippen molar-refractivity contribution >= 4 is 17.2 Å². The van der Waals surface area contributed by atoms with E-state index in [1.54, 1.807) is 0 Å². The number of amides is 1.